The van der Waals surface area contributed by atoms with Gasteiger partial charge in [0.15, 0.2) is 6.29 Å². The summed E-state index contributed by atoms with van der Waals surface area (Å²) in [4.78, 5) is 13.2. The molecule has 0 saturated carbocycles. The number of carbonyl (C=O) groups is 1. The molecule has 0 bridgehead atoms. The molecule has 0 aliphatic carbocycles. The maximum absolute atomic E-state index is 13.2. The summed E-state index contributed by atoms with van der Waals surface area (Å²) in [6.07, 6.45) is 51.4. The fourth-order valence-corrected chi connectivity index (χ4v) is 10.0. The highest BCUT2D eigenvalue weighted by molar-refractivity contribution is 5.80. The molecular weight excluding hydrogens is 879 g/mol. The molecule has 1 aliphatic heterocycles. The Balaban J connectivity index is 2.19. The number of amides is 1. The summed E-state index contributed by atoms with van der Waals surface area (Å²) in [6.45, 7) is 3.72. The molecule has 10 heteroatoms. The van der Waals surface area contributed by atoms with Crippen molar-refractivity contribution in [3.05, 3.63) is 12.2 Å². The van der Waals surface area contributed by atoms with Gasteiger partial charge in [-0.15, -0.1) is 0 Å². The summed E-state index contributed by atoms with van der Waals surface area (Å²) in [7, 11) is 0. The third kappa shape index (κ3) is 38.5. The number of unbranched alkanes of at least 4 members (excludes halogenated alkanes) is 40. The van der Waals surface area contributed by atoms with Gasteiger partial charge in [0.1, 0.15) is 30.5 Å². The normalized spacial score (nSPS) is 19.8. The summed E-state index contributed by atoms with van der Waals surface area (Å²) in [6, 6.07) is -0.892. The van der Waals surface area contributed by atoms with Crippen molar-refractivity contribution in [2.75, 3.05) is 13.2 Å². The number of aliphatic hydroxyl groups is 6. The van der Waals surface area contributed by atoms with E-state index in [-0.39, 0.29) is 6.61 Å². The van der Waals surface area contributed by atoms with Crippen molar-refractivity contribution in [2.24, 2.45) is 0 Å². The topological polar surface area (TPSA) is 169 Å². The Morgan fingerprint density at radius 2 is 0.800 bits per heavy atom. The average Bonchev–Trinajstić information content (AvgIpc) is 3.36. The van der Waals surface area contributed by atoms with E-state index in [9.17, 15) is 35.4 Å². The molecule has 0 aromatic carbocycles. The van der Waals surface area contributed by atoms with Gasteiger partial charge in [-0.3, -0.25) is 4.79 Å². The molecule has 0 aromatic rings. The lowest BCUT2D eigenvalue weighted by molar-refractivity contribution is -0.302. The Kier molecular flexibility index (Phi) is 47.9. The number of hydrogen-bond acceptors (Lipinski definition) is 9. The van der Waals surface area contributed by atoms with Gasteiger partial charge in [0.05, 0.1) is 25.4 Å². The first-order chi connectivity index (χ1) is 34.3. The highest BCUT2D eigenvalue weighted by Crippen LogP contribution is 2.23. The Morgan fingerprint density at radius 3 is 1.16 bits per heavy atom. The van der Waals surface area contributed by atoms with Crippen molar-refractivity contribution in [1.29, 1.82) is 0 Å². The number of rotatable bonds is 53. The van der Waals surface area contributed by atoms with E-state index in [1.165, 1.54) is 231 Å². The van der Waals surface area contributed by atoms with Gasteiger partial charge in [-0.05, 0) is 38.5 Å². The van der Waals surface area contributed by atoms with Crippen molar-refractivity contribution in [3.63, 3.8) is 0 Å². The third-order valence-electron chi connectivity index (χ3n) is 15.0. The number of hydrogen-bond donors (Lipinski definition) is 7. The quantitative estimate of drug-likeness (QED) is 0.0232. The van der Waals surface area contributed by atoms with E-state index in [2.05, 4.69) is 31.3 Å². The number of allylic oxidation sites excluding steroid dienone is 2. The van der Waals surface area contributed by atoms with Crippen LogP contribution in [0.1, 0.15) is 303 Å². The zero-order valence-electron chi connectivity index (χ0n) is 45.9. The van der Waals surface area contributed by atoms with E-state index in [4.69, 9.17) is 9.47 Å². The monoisotopic (exact) mass is 996 g/mol. The van der Waals surface area contributed by atoms with Crippen LogP contribution in [0, 0.1) is 0 Å². The molecule has 0 radical (unpaired) electrons. The van der Waals surface area contributed by atoms with E-state index in [1.807, 2.05) is 0 Å². The number of carbonyl (C=O) groups excluding carboxylic acids is 1. The minimum Gasteiger partial charge on any atom is -0.394 e. The Bertz CT molecular complexity index is 1130. The van der Waals surface area contributed by atoms with Gasteiger partial charge in [-0.2, -0.15) is 0 Å². The smallest absolute Gasteiger partial charge is 0.249 e. The van der Waals surface area contributed by atoms with Crippen LogP contribution in [0.15, 0.2) is 12.2 Å². The third-order valence-corrected chi connectivity index (χ3v) is 15.0. The van der Waals surface area contributed by atoms with Crippen molar-refractivity contribution >= 4 is 5.91 Å². The van der Waals surface area contributed by atoms with Crippen LogP contribution in [0.3, 0.4) is 0 Å². The molecule has 1 amide bonds. The maximum Gasteiger partial charge on any atom is 0.249 e. The zero-order valence-corrected chi connectivity index (χ0v) is 45.9. The zero-order chi connectivity index (χ0) is 51.0. The molecule has 0 aromatic heterocycles. The SMILES string of the molecule is CCCCCCCCCCCCCC/C=C\CCCCCCCCCCCCCCC(O)C(=O)NC(COC1OC(CO)C(O)C(O)C1O)C(O)CCCCCCCCCCCCCCCCCCC. The van der Waals surface area contributed by atoms with Gasteiger partial charge in [0.25, 0.3) is 0 Å². The lowest BCUT2D eigenvalue weighted by Gasteiger charge is -2.40. The van der Waals surface area contributed by atoms with Crippen LogP contribution in [0.5, 0.6) is 0 Å². The number of aliphatic hydroxyl groups excluding tert-OH is 6. The van der Waals surface area contributed by atoms with Crippen LogP contribution in [0.2, 0.25) is 0 Å². The lowest BCUT2D eigenvalue weighted by Crippen LogP contribution is -2.60. The first kappa shape index (κ1) is 66.9. The molecule has 70 heavy (non-hydrogen) atoms. The van der Waals surface area contributed by atoms with Crippen molar-refractivity contribution < 1.29 is 44.9 Å². The summed E-state index contributed by atoms with van der Waals surface area (Å²) >= 11 is 0. The highest BCUT2D eigenvalue weighted by atomic mass is 16.7. The highest BCUT2D eigenvalue weighted by Gasteiger charge is 2.44. The first-order valence-electron chi connectivity index (χ1n) is 30.5. The molecule has 8 unspecified atom stereocenters. The molecule has 1 aliphatic rings. The maximum atomic E-state index is 13.2. The molecule has 1 heterocycles. The van der Waals surface area contributed by atoms with Gasteiger partial charge >= 0.3 is 0 Å². The van der Waals surface area contributed by atoms with Gasteiger partial charge in [-0.25, -0.2) is 0 Å². The molecule has 416 valence electrons. The fraction of sp³-hybridized carbons (Fsp3) is 0.950. The van der Waals surface area contributed by atoms with E-state index < -0.39 is 61.5 Å². The minimum atomic E-state index is -1.60. The second-order valence-corrected chi connectivity index (χ2v) is 21.6. The molecule has 8 atom stereocenters. The fourth-order valence-electron chi connectivity index (χ4n) is 10.0. The van der Waals surface area contributed by atoms with E-state index in [1.54, 1.807) is 0 Å². The molecule has 0 spiro atoms. The van der Waals surface area contributed by atoms with Crippen LogP contribution in [-0.4, -0.2) is 98.7 Å². The van der Waals surface area contributed by atoms with Crippen LogP contribution in [-0.2, 0) is 14.3 Å². The Morgan fingerprint density at radius 1 is 0.471 bits per heavy atom. The second kappa shape index (κ2) is 50.1. The predicted molar refractivity (Wildman–Crippen MR) is 292 cm³/mol. The second-order valence-electron chi connectivity index (χ2n) is 21.6. The summed E-state index contributed by atoms with van der Waals surface area (Å²) < 4.78 is 11.3. The summed E-state index contributed by atoms with van der Waals surface area (Å²) in [5.41, 5.74) is 0. The Labute approximate surface area is 431 Å². The predicted octanol–water partition coefficient (Wildman–Crippen LogP) is 14.2. The van der Waals surface area contributed by atoms with Gasteiger partial charge in [0, 0.05) is 0 Å². The van der Waals surface area contributed by atoms with Gasteiger partial charge in [0.2, 0.25) is 5.91 Å². The Hall–Kier alpha value is -1.11. The van der Waals surface area contributed by atoms with E-state index in [0.29, 0.717) is 12.8 Å². The minimum absolute atomic E-state index is 0.252. The van der Waals surface area contributed by atoms with Crippen molar-refractivity contribution in [3.8, 4) is 0 Å². The molecule has 1 saturated heterocycles. The van der Waals surface area contributed by atoms with Gasteiger partial charge in [-0.1, -0.05) is 276 Å². The molecular formula is C60H117NO9. The van der Waals surface area contributed by atoms with Crippen LogP contribution < -0.4 is 5.32 Å². The summed E-state index contributed by atoms with van der Waals surface area (Å²) in [5.74, 6) is -0.578. The molecule has 1 rings (SSSR count). The number of ether oxygens (including phenoxy) is 2. The molecule has 10 nitrogen and oxygen atoms in total. The first-order valence-corrected chi connectivity index (χ1v) is 30.5. The van der Waals surface area contributed by atoms with Crippen molar-refractivity contribution in [2.45, 2.75) is 352 Å². The van der Waals surface area contributed by atoms with E-state index in [0.717, 1.165) is 44.9 Å². The van der Waals surface area contributed by atoms with Crippen LogP contribution >= 0.6 is 0 Å². The average molecular weight is 997 g/mol. The number of nitrogens with one attached hydrogen (secondary N) is 1. The van der Waals surface area contributed by atoms with Crippen LogP contribution in [0.4, 0.5) is 0 Å². The summed E-state index contributed by atoms with van der Waals surface area (Å²) in [5, 5.41) is 65.3. The standard InChI is InChI=1S/C60H117NO9/c1-3-5-7-9-11-13-15-17-19-21-22-23-24-25-26-27-28-29-30-31-33-35-37-39-41-43-45-47-49-54(64)59(68)61-52(51-69-60-58(67)57(66)56(65)55(50-62)70-60)53(63)48-46-44-42-40-38-36-34-32-20-18-16-14-12-10-8-6-4-2/h25-26,52-58,60,62-67H,3-24,27-51H2,1-2H3,(H,61,68)/b26-25-. The molecule has 7 N–H and O–H groups in total. The van der Waals surface area contributed by atoms with E-state index >= 15 is 0 Å². The van der Waals surface area contributed by atoms with Crippen molar-refractivity contribution in [1.82, 2.24) is 5.32 Å². The molecule has 1 fully saturated rings. The van der Waals surface area contributed by atoms with Gasteiger partial charge < -0.3 is 45.4 Å². The van der Waals surface area contributed by atoms with Crippen LogP contribution in [0.25, 0.3) is 0 Å². The lowest BCUT2D eigenvalue weighted by atomic mass is 9.99. The largest absolute Gasteiger partial charge is 0.394 e.